The Morgan fingerprint density at radius 3 is 2.21 bits per heavy atom. The van der Waals surface area contributed by atoms with Crippen molar-refractivity contribution in [3.8, 4) is 0 Å². The Morgan fingerprint density at radius 1 is 1.26 bits per heavy atom. The van der Waals surface area contributed by atoms with Crippen molar-refractivity contribution >= 4 is 7.60 Å². The number of morpholine rings is 1. The maximum absolute atomic E-state index is 13.0. The molecule has 0 bridgehead atoms. The summed E-state index contributed by atoms with van der Waals surface area (Å²) in [7, 11) is -3.22. The largest absolute Gasteiger partial charge is 0.378 e. The summed E-state index contributed by atoms with van der Waals surface area (Å²) in [5.74, 6) is 0.284. The molecule has 1 heterocycles. The lowest BCUT2D eigenvalue weighted by molar-refractivity contribution is 0.0542. The van der Waals surface area contributed by atoms with Crippen LogP contribution >= 0.6 is 7.60 Å². The summed E-state index contributed by atoms with van der Waals surface area (Å²) in [4.78, 5) is 2.07. The van der Waals surface area contributed by atoms with Crippen molar-refractivity contribution in [2.24, 2.45) is 5.92 Å². The lowest BCUT2D eigenvalue weighted by Gasteiger charge is -2.34. The number of rotatable bonds is 7. The van der Waals surface area contributed by atoms with Crippen LogP contribution in [-0.2, 0) is 18.3 Å². The van der Waals surface area contributed by atoms with Crippen LogP contribution in [0.15, 0.2) is 11.5 Å². The van der Waals surface area contributed by atoms with Crippen LogP contribution in [0.3, 0.4) is 0 Å². The summed E-state index contributed by atoms with van der Waals surface area (Å²) in [6, 6.07) is 0. The molecule has 1 aliphatic heterocycles. The summed E-state index contributed by atoms with van der Waals surface area (Å²) in [5.41, 5.74) is 0.689. The van der Waals surface area contributed by atoms with Gasteiger partial charge in [-0.25, -0.2) is 0 Å². The van der Waals surface area contributed by atoms with E-state index in [1.165, 1.54) is 0 Å². The van der Waals surface area contributed by atoms with Crippen LogP contribution in [0.4, 0.5) is 0 Å². The van der Waals surface area contributed by atoms with Gasteiger partial charge in [-0.2, -0.15) is 0 Å². The average Bonchev–Trinajstić information content (AvgIpc) is 2.37. The van der Waals surface area contributed by atoms with Crippen LogP contribution in [0.1, 0.15) is 27.7 Å². The molecule has 0 aromatic rings. The zero-order valence-corrected chi connectivity index (χ0v) is 13.3. The molecule has 0 aliphatic carbocycles. The van der Waals surface area contributed by atoms with Gasteiger partial charge in [-0.05, 0) is 19.8 Å². The summed E-state index contributed by atoms with van der Waals surface area (Å²) in [6.07, 6.45) is 1.98. The van der Waals surface area contributed by atoms with Crippen molar-refractivity contribution in [1.29, 1.82) is 0 Å². The molecule has 0 aromatic heterocycles. The molecule has 6 heteroatoms. The van der Waals surface area contributed by atoms with E-state index in [1.807, 2.05) is 19.9 Å². The van der Waals surface area contributed by atoms with Gasteiger partial charge in [0.15, 0.2) is 0 Å². The molecular weight excluding hydrogens is 265 g/mol. The Hall–Kier alpha value is -0.350. The van der Waals surface area contributed by atoms with Gasteiger partial charge in [-0.3, -0.25) is 4.57 Å². The second-order valence-corrected chi connectivity index (χ2v) is 6.67. The first kappa shape index (κ1) is 16.7. The van der Waals surface area contributed by atoms with Gasteiger partial charge in [0.05, 0.1) is 26.4 Å². The predicted molar refractivity (Wildman–Crippen MR) is 76.2 cm³/mol. The Balaban J connectivity index is 3.02. The van der Waals surface area contributed by atoms with E-state index in [2.05, 4.69) is 18.7 Å². The number of hydrogen-bond donors (Lipinski definition) is 0. The van der Waals surface area contributed by atoms with Crippen LogP contribution < -0.4 is 0 Å². The van der Waals surface area contributed by atoms with E-state index >= 15 is 0 Å². The fraction of sp³-hybridized carbons (Fsp3) is 0.846. The Kier molecular flexibility index (Phi) is 7.08. The van der Waals surface area contributed by atoms with Gasteiger partial charge in [-0.15, -0.1) is 0 Å². The molecule has 0 spiro atoms. The average molecular weight is 291 g/mol. The fourth-order valence-corrected chi connectivity index (χ4v) is 4.02. The zero-order chi connectivity index (χ0) is 14.3. The third kappa shape index (κ3) is 4.92. The van der Waals surface area contributed by atoms with Crippen molar-refractivity contribution in [2.75, 3.05) is 39.5 Å². The highest BCUT2D eigenvalue weighted by Crippen LogP contribution is 2.57. The normalized spacial score (nSPS) is 18.2. The van der Waals surface area contributed by atoms with Crippen molar-refractivity contribution in [3.63, 3.8) is 0 Å². The summed E-state index contributed by atoms with van der Waals surface area (Å²) >= 11 is 0. The van der Waals surface area contributed by atoms with E-state index in [0.717, 1.165) is 13.1 Å². The van der Waals surface area contributed by atoms with Gasteiger partial charge in [0.1, 0.15) is 5.44 Å². The summed E-state index contributed by atoms with van der Waals surface area (Å²) in [6.45, 7) is 11.3. The van der Waals surface area contributed by atoms with E-state index in [-0.39, 0.29) is 5.92 Å². The highest BCUT2D eigenvalue weighted by atomic mass is 31.2. The minimum Gasteiger partial charge on any atom is -0.378 e. The van der Waals surface area contributed by atoms with Crippen LogP contribution in [-0.4, -0.2) is 44.4 Å². The molecule has 1 rings (SSSR count). The van der Waals surface area contributed by atoms with Crippen molar-refractivity contribution < 1.29 is 18.3 Å². The highest BCUT2D eigenvalue weighted by molar-refractivity contribution is 7.58. The van der Waals surface area contributed by atoms with Crippen molar-refractivity contribution in [2.45, 2.75) is 27.7 Å². The van der Waals surface area contributed by atoms with Crippen molar-refractivity contribution in [3.05, 3.63) is 11.5 Å². The van der Waals surface area contributed by atoms with Gasteiger partial charge in [0.2, 0.25) is 0 Å². The molecule has 5 nitrogen and oxygen atoms in total. The maximum atomic E-state index is 13.0. The SMILES string of the molecule is CCOP(=O)(OCC)/C(=C\C(C)C)N1CCOCC1. The summed E-state index contributed by atoms with van der Waals surface area (Å²) in [5, 5.41) is 0. The lowest BCUT2D eigenvalue weighted by Crippen LogP contribution is -2.36. The summed E-state index contributed by atoms with van der Waals surface area (Å²) < 4.78 is 29.2. The Bertz CT molecular complexity index is 328. The minimum atomic E-state index is -3.22. The monoisotopic (exact) mass is 291 g/mol. The van der Waals surface area contributed by atoms with Gasteiger partial charge in [0, 0.05) is 13.1 Å². The maximum Gasteiger partial charge on any atom is 0.376 e. The molecule has 0 N–H and O–H groups in total. The molecule has 112 valence electrons. The van der Waals surface area contributed by atoms with Crippen LogP contribution in [0.5, 0.6) is 0 Å². The molecule has 0 unspecified atom stereocenters. The highest BCUT2D eigenvalue weighted by Gasteiger charge is 2.34. The first-order chi connectivity index (χ1) is 9.03. The van der Waals surface area contributed by atoms with Crippen molar-refractivity contribution in [1.82, 2.24) is 4.90 Å². The second-order valence-electron chi connectivity index (χ2n) is 4.70. The molecule has 1 fully saturated rings. The van der Waals surface area contributed by atoms with Crippen LogP contribution in [0.25, 0.3) is 0 Å². The predicted octanol–water partition coefficient (Wildman–Crippen LogP) is 3.08. The van der Waals surface area contributed by atoms with Gasteiger partial charge < -0.3 is 18.7 Å². The quantitative estimate of drug-likeness (QED) is 0.675. The lowest BCUT2D eigenvalue weighted by atomic mass is 10.2. The molecule has 19 heavy (non-hydrogen) atoms. The number of hydrogen-bond acceptors (Lipinski definition) is 5. The second kappa shape index (κ2) is 8.05. The molecule has 0 aromatic carbocycles. The van der Waals surface area contributed by atoms with Gasteiger partial charge >= 0.3 is 7.60 Å². The van der Waals surface area contributed by atoms with Gasteiger partial charge in [0.25, 0.3) is 0 Å². The van der Waals surface area contributed by atoms with E-state index in [4.69, 9.17) is 13.8 Å². The zero-order valence-electron chi connectivity index (χ0n) is 12.4. The first-order valence-corrected chi connectivity index (χ1v) is 8.52. The molecular formula is C13H26NO4P. The van der Waals surface area contributed by atoms with E-state index in [1.54, 1.807) is 0 Å². The number of ether oxygens (including phenoxy) is 1. The third-order valence-corrected chi connectivity index (χ3v) is 4.89. The third-order valence-electron chi connectivity index (χ3n) is 2.70. The fourth-order valence-electron chi connectivity index (χ4n) is 1.97. The topological polar surface area (TPSA) is 48.0 Å². The van der Waals surface area contributed by atoms with Gasteiger partial charge in [-0.1, -0.05) is 19.9 Å². The Labute approximate surface area is 116 Å². The van der Waals surface area contributed by atoms with Crippen LogP contribution in [0, 0.1) is 5.92 Å². The molecule has 1 aliphatic rings. The number of nitrogens with zero attached hydrogens (tertiary/aromatic N) is 1. The first-order valence-electron chi connectivity index (χ1n) is 6.97. The molecule has 0 amide bonds. The van der Waals surface area contributed by atoms with E-state index in [9.17, 15) is 4.57 Å². The van der Waals surface area contributed by atoms with Crippen LogP contribution in [0.2, 0.25) is 0 Å². The molecule has 1 saturated heterocycles. The molecule has 0 atom stereocenters. The molecule has 0 radical (unpaired) electrons. The van der Waals surface area contributed by atoms with E-state index < -0.39 is 7.60 Å². The number of allylic oxidation sites excluding steroid dienone is 1. The smallest absolute Gasteiger partial charge is 0.376 e. The van der Waals surface area contributed by atoms with E-state index in [0.29, 0.717) is 31.9 Å². The molecule has 0 saturated carbocycles. The minimum absolute atomic E-state index is 0.284. The Morgan fingerprint density at radius 2 is 1.79 bits per heavy atom. The standard InChI is InChI=1S/C13H26NO4P/c1-5-17-19(15,18-6-2)13(11-12(3)4)14-7-9-16-10-8-14/h11-12H,5-10H2,1-4H3/b13-11-.